The molecule has 0 radical (unpaired) electrons. The fourth-order valence-corrected chi connectivity index (χ4v) is 10.5. The van der Waals surface area contributed by atoms with Gasteiger partial charge in [-0.1, -0.05) is 144 Å². The fraction of sp³-hybridized carbons (Fsp3) is 0.243. The summed E-state index contributed by atoms with van der Waals surface area (Å²) in [5.74, 6) is 0. The molecule has 0 aromatic heterocycles. The molecule has 0 N–H and O–H groups in total. The van der Waals surface area contributed by atoms with Crippen LogP contribution in [0.25, 0.3) is 43.1 Å². The summed E-state index contributed by atoms with van der Waals surface area (Å²) < 4.78 is 0. The summed E-state index contributed by atoms with van der Waals surface area (Å²) in [6, 6.07) is 45.7. The number of benzene rings is 4. The van der Waals surface area contributed by atoms with Crippen molar-refractivity contribution in [2.24, 2.45) is 0 Å². The van der Waals surface area contributed by atoms with Crippen LogP contribution in [0.5, 0.6) is 0 Å². The monoisotopic (exact) mass is 1260 g/mol. The van der Waals surface area contributed by atoms with Gasteiger partial charge in [0.15, 0.2) is 0 Å². The molecule has 7 aromatic carbocycles. The predicted molar refractivity (Wildman–Crippen MR) is 340 cm³/mol. The second kappa shape index (κ2) is 43.9. The van der Waals surface area contributed by atoms with Gasteiger partial charge in [-0.25, -0.2) is 46.7 Å². The Labute approximate surface area is 522 Å². The third-order valence-corrected chi connectivity index (χ3v) is 16.0. The molecule has 0 spiro atoms. The Kier molecular flexibility index (Phi) is 47.3. The van der Waals surface area contributed by atoms with Gasteiger partial charge in [0.25, 0.3) is 0 Å². The van der Waals surface area contributed by atoms with Crippen LogP contribution in [0.1, 0.15) is 70.6 Å². The molecule has 0 heterocycles. The molecule has 0 atom stereocenters. The van der Waals surface area contributed by atoms with Gasteiger partial charge in [-0.3, -0.25) is 18.2 Å². The molecule has 7 aromatic rings. The molecule has 0 bridgehead atoms. The molecule has 0 amide bonds. The standard InChI is InChI=1S/C17H11.C13H19.C11H21Si2.C9H7.C9H11.C5H5.6CH3.3Zr/c1-3-7-15-12(5-1)9-10-14-11-13-6-2-4-8-16(13)17(14)15;1-2-3-4-5-6-7-10-13-11-8-9-12-13;1-12(2,3)10-7-8-11(9-10)13(4,5)6;1-2-5-9-7-3-6-8(9)4-1;1-2-3-6-9-7-4-5-8-9;1-2-4-5-3-1;;;;;;;;;/h1-11H;2,8,11H,1,3-7,9-10H2;7-9H,1-6H3;1-7H;2,4,7H,1,3,5-6H2;1-3H,4H2;6*1H3;;;/q12*-1;3*+4. The molecule has 10 rings (SSSR count). The molecule has 5 heteroatoms. The molecule has 3 aliphatic carbocycles. The van der Waals surface area contributed by atoms with E-state index in [0.717, 1.165) is 32.1 Å². The maximum Gasteiger partial charge on any atom is 4.00 e. The summed E-state index contributed by atoms with van der Waals surface area (Å²) in [5.41, 5.74) is 2.76. The molecule has 0 fully saturated rings. The smallest absolute Gasteiger partial charge is 0.358 e. The Hall–Kier alpha value is -3.03. The first kappa shape index (κ1) is 80.8. The average Bonchev–Trinajstić information content (AvgIpc) is 4.17. The first-order valence-corrected chi connectivity index (χ1v) is 31.3. The predicted octanol–water partition coefficient (Wildman–Crippen LogP) is 20.8. The average molecular weight is 1260 g/mol. The molecule has 0 unspecified atom stereocenters. The van der Waals surface area contributed by atoms with Gasteiger partial charge in [0.05, 0.1) is 0 Å². The van der Waals surface area contributed by atoms with E-state index in [9.17, 15) is 0 Å². The third-order valence-electron chi connectivity index (χ3n) is 11.9. The van der Waals surface area contributed by atoms with Crippen LogP contribution in [0.3, 0.4) is 0 Å². The van der Waals surface area contributed by atoms with Crippen LogP contribution in [-0.4, -0.2) is 16.1 Å². The van der Waals surface area contributed by atoms with E-state index in [0.29, 0.717) is 0 Å². The van der Waals surface area contributed by atoms with Crippen LogP contribution in [0.15, 0.2) is 206 Å². The summed E-state index contributed by atoms with van der Waals surface area (Å²) in [6.45, 7) is 21.9. The Balaban J connectivity index is -0.000000262. The normalized spacial score (nSPS) is 11.8. The van der Waals surface area contributed by atoms with Crippen molar-refractivity contribution in [3.8, 4) is 0 Å². The van der Waals surface area contributed by atoms with E-state index in [1.165, 1.54) is 92.8 Å². The minimum Gasteiger partial charge on any atom is -0.358 e. The molecule has 0 saturated heterocycles. The first-order chi connectivity index (χ1) is 32.0. The molecule has 3 aliphatic rings. The largest absolute Gasteiger partial charge is 4.00 e. The van der Waals surface area contributed by atoms with E-state index in [4.69, 9.17) is 0 Å². The summed E-state index contributed by atoms with van der Waals surface area (Å²) in [4.78, 5) is 0. The van der Waals surface area contributed by atoms with Crippen molar-refractivity contribution in [2.75, 3.05) is 0 Å². The molecule has 75 heavy (non-hydrogen) atoms. The number of allylic oxidation sites excluding steroid dienone is 14. The second-order valence-electron chi connectivity index (χ2n) is 19.2. The number of unbranched alkanes of at least 4 members (excludes halogenated alkanes) is 4. The van der Waals surface area contributed by atoms with E-state index in [-0.39, 0.29) is 123 Å². The van der Waals surface area contributed by atoms with Crippen LogP contribution < -0.4 is 10.4 Å². The van der Waals surface area contributed by atoms with E-state index < -0.39 is 16.1 Å². The first-order valence-electron chi connectivity index (χ1n) is 24.3. The Morgan fingerprint density at radius 3 is 1.64 bits per heavy atom. The van der Waals surface area contributed by atoms with E-state index in [1.54, 1.807) is 10.4 Å². The van der Waals surface area contributed by atoms with Crippen molar-refractivity contribution >= 4 is 69.6 Å². The number of hydrogen-bond donors (Lipinski definition) is 0. The van der Waals surface area contributed by atoms with Gasteiger partial charge in [0.1, 0.15) is 0 Å². The van der Waals surface area contributed by atoms with Crippen molar-refractivity contribution in [1.29, 1.82) is 0 Å². The third kappa shape index (κ3) is 28.4. The molecule has 0 saturated carbocycles. The van der Waals surface area contributed by atoms with Crippen LogP contribution >= 0.6 is 0 Å². The van der Waals surface area contributed by atoms with Gasteiger partial charge in [0.2, 0.25) is 0 Å². The maximum absolute atomic E-state index is 3.72. The van der Waals surface area contributed by atoms with Gasteiger partial charge in [-0.05, 0) is 24.6 Å². The zero-order valence-corrected chi connectivity index (χ0v) is 57.9. The maximum atomic E-state index is 3.72. The molecular formula is C70H92Si2Zr3. The van der Waals surface area contributed by atoms with Crippen molar-refractivity contribution < 1.29 is 78.6 Å². The summed E-state index contributed by atoms with van der Waals surface area (Å²) in [5, 5.41) is 14.0. The Morgan fingerprint density at radius 1 is 0.560 bits per heavy atom. The summed E-state index contributed by atoms with van der Waals surface area (Å²) >= 11 is 0. The zero-order chi connectivity index (χ0) is 47.0. The van der Waals surface area contributed by atoms with Gasteiger partial charge in [-0.15, -0.1) is 102 Å². The number of hydrogen-bond acceptors (Lipinski definition) is 0. The van der Waals surface area contributed by atoms with Gasteiger partial charge < -0.3 is 44.6 Å². The SMILES string of the molecule is C=CCCC1=[C-]CC=C1.C=CCCCCCCC1=[C-]CC=C1.C[Si](C)(C)c1cc[c-]([Si](C)(C)C)c1.[C-]1=CC=CC1.[CH3-].[CH3-].[CH3-].[CH3-].[CH3-].[CH3-].[Zr+4].[Zr+4].[Zr+4].c1ccc2[cH-]ccc2c1.c1ccc2c(c1)ccc1[cH-]c3ccccc3c12. The van der Waals surface area contributed by atoms with E-state index in [1.807, 2.05) is 24.3 Å². The number of rotatable bonds is 12. The van der Waals surface area contributed by atoms with Crippen molar-refractivity contribution in [1.82, 2.24) is 0 Å². The van der Waals surface area contributed by atoms with Crippen molar-refractivity contribution in [2.45, 2.75) is 110 Å². The molecule has 0 nitrogen and oxygen atoms in total. The topological polar surface area (TPSA) is 0 Å². The van der Waals surface area contributed by atoms with E-state index in [2.05, 4.69) is 228 Å². The summed E-state index contributed by atoms with van der Waals surface area (Å²) in [7, 11) is -2.14. The fourth-order valence-electron chi connectivity index (χ4n) is 7.97. The Bertz CT molecular complexity index is 2670. The van der Waals surface area contributed by atoms with Crippen LogP contribution in [0.4, 0.5) is 0 Å². The van der Waals surface area contributed by atoms with Gasteiger partial charge in [0, 0.05) is 16.1 Å². The molecule has 392 valence electrons. The molecular weight excluding hydrogens is 1170 g/mol. The van der Waals surface area contributed by atoms with Crippen molar-refractivity contribution in [3.05, 3.63) is 269 Å². The Morgan fingerprint density at radius 2 is 1.13 bits per heavy atom. The van der Waals surface area contributed by atoms with E-state index >= 15 is 0 Å². The zero-order valence-electron chi connectivity index (χ0n) is 48.5. The van der Waals surface area contributed by atoms with Crippen LogP contribution in [0, 0.1) is 62.8 Å². The van der Waals surface area contributed by atoms with Crippen molar-refractivity contribution in [3.63, 3.8) is 0 Å². The van der Waals surface area contributed by atoms with Crippen LogP contribution in [-0.2, 0) is 78.6 Å². The molecule has 0 aliphatic heterocycles. The minimum atomic E-state index is -1.07. The van der Waals surface area contributed by atoms with Crippen LogP contribution in [0.2, 0.25) is 39.3 Å². The van der Waals surface area contributed by atoms with Gasteiger partial charge in [-0.2, -0.15) is 53.1 Å². The quantitative estimate of drug-likeness (QED) is 0.0495. The van der Waals surface area contributed by atoms with Gasteiger partial charge >= 0.3 is 78.6 Å². The second-order valence-corrected chi connectivity index (χ2v) is 29.4. The summed E-state index contributed by atoms with van der Waals surface area (Å²) in [6.07, 6.45) is 41.2. The minimum absolute atomic E-state index is 0. The number of fused-ring (bicyclic) bond motifs is 6.